The maximum Gasteiger partial charge on any atom is 0.315 e. The monoisotopic (exact) mass is 434 g/mol. The summed E-state index contributed by atoms with van der Waals surface area (Å²) < 4.78 is 0. The second kappa shape index (κ2) is 10.6. The van der Waals surface area contributed by atoms with Gasteiger partial charge in [-0.1, -0.05) is 55.5 Å². The molecule has 2 heterocycles. The van der Waals surface area contributed by atoms with Crippen molar-refractivity contribution in [2.45, 2.75) is 58.3 Å². The first-order valence-corrected chi connectivity index (χ1v) is 11.8. The lowest BCUT2D eigenvalue weighted by Crippen LogP contribution is -2.47. The van der Waals surface area contributed by atoms with Crippen LogP contribution in [0.3, 0.4) is 0 Å². The molecule has 0 spiro atoms. The summed E-state index contributed by atoms with van der Waals surface area (Å²) in [7, 11) is 0. The van der Waals surface area contributed by atoms with Gasteiger partial charge in [0.05, 0.1) is 0 Å². The third-order valence-corrected chi connectivity index (χ3v) is 6.64. The van der Waals surface area contributed by atoms with Crippen LogP contribution in [0.25, 0.3) is 0 Å². The Balaban J connectivity index is 1.23. The summed E-state index contributed by atoms with van der Waals surface area (Å²) in [5.74, 6) is 0.232. The molecule has 2 aromatic carbocycles. The summed E-state index contributed by atoms with van der Waals surface area (Å²) in [6.07, 6.45) is 3.67. The van der Waals surface area contributed by atoms with Crippen molar-refractivity contribution in [3.63, 3.8) is 0 Å². The Hall–Kier alpha value is -2.86. The molecule has 0 aromatic heterocycles. The zero-order chi connectivity index (χ0) is 22.3. The van der Waals surface area contributed by atoms with Crippen molar-refractivity contribution >= 4 is 11.9 Å². The van der Waals surface area contributed by atoms with E-state index >= 15 is 0 Å². The Kier molecular flexibility index (Phi) is 7.43. The molecule has 4 rings (SSSR count). The van der Waals surface area contributed by atoms with Crippen molar-refractivity contribution in [2.75, 3.05) is 19.6 Å². The summed E-state index contributed by atoms with van der Waals surface area (Å²) in [5, 5.41) is 6.04. The average Bonchev–Trinajstić information content (AvgIpc) is 3.22. The highest BCUT2D eigenvalue weighted by Crippen LogP contribution is 2.21. The van der Waals surface area contributed by atoms with Gasteiger partial charge in [0.25, 0.3) is 0 Å². The van der Waals surface area contributed by atoms with E-state index in [1.54, 1.807) is 0 Å². The fourth-order valence-electron chi connectivity index (χ4n) is 4.75. The fourth-order valence-corrected chi connectivity index (χ4v) is 4.75. The molecule has 3 amide bonds. The Morgan fingerprint density at radius 3 is 2.59 bits per heavy atom. The second-order valence-electron chi connectivity index (χ2n) is 8.85. The van der Waals surface area contributed by atoms with Crippen LogP contribution in [0.1, 0.15) is 48.4 Å². The number of hydrogen-bond donors (Lipinski definition) is 2. The number of fused-ring (bicyclic) bond motifs is 1. The van der Waals surface area contributed by atoms with Crippen molar-refractivity contribution in [1.82, 2.24) is 20.4 Å². The number of benzene rings is 2. The number of rotatable bonds is 8. The summed E-state index contributed by atoms with van der Waals surface area (Å²) in [6, 6.07) is 17.0. The van der Waals surface area contributed by atoms with E-state index in [4.69, 9.17) is 0 Å². The van der Waals surface area contributed by atoms with Crippen LogP contribution in [0.4, 0.5) is 4.79 Å². The molecule has 0 bridgehead atoms. The molecule has 2 N–H and O–H groups in total. The first kappa shape index (κ1) is 22.3. The summed E-state index contributed by atoms with van der Waals surface area (Å²) in [4.78, 5) is 28.7. The molecule has 1 atom stereocenters. The van der Waals surface area contributed by atoms with E-state index in [1.165, 1.54) is 11.1 Å². The van der Waals surface area contributed by atoms with Gasteiger partial charge < -0.3 is 15.5 Å². The number of urea groups is 1. The topological polar surface area (TPSA) is 64.7 Å². The molecule has 6 heteroatoms. The van der Waals surface area contributed by atoms with E-state index in [0.717, 1.165) is 50.0 Å². The van der Waals surface area contributed by atoms with Crippen LogP contribution in [0, 0.1) is 0 Å². The Morgan fingerprint density at radius 1 is 1.00 bits per heavy atom. The van der Waals surface area contributed by atoms with Gasteiger partial charge in [-0.25, -0.2) is 4.79 Å². The molecular formula is C26H34N4O2. The number of hydrogen-bond acceptors (Lipinski definition) is 3. The molecule has 170 valence electrons. The van der Waals surface area contributed by atoms with Gasteiger partial charge in [-0.05, 0) is 41.5 Å². The largest absolute Gasteiger partial charge is 0.338 e. The van der Waals surface area contributed by atoms with Crippen LogP contribution in [0.2, 0.25) is 0 Å². The number of likely N-dealkylation sites (tertiary alicyclic amines) is 1. The van der Waals surface area contributed by atoms with Crippen molar-refractivity contribution in [3.05, 3.63) is 70.8 Å². The van der Waals surface area contributed by atoms with Gasteiger partial charge in [0.1, 0.15) is 0 Å². The smallest absolute Gasteiger partial charge is 0.315 e. The Morgan fingerprint density at radius 2 is 1.81 bits per heavy atom. The SMILES string of the molecule is CCC(CNC(=O)NCc1cccc(CN2CCCC2=O)c1)N1CCc2ccccc2C1. The minimum atomic E-state index is -0.138. The number of nitrogens with one attached hydrogen (secondary N) is 2. The van der Waals surface area contributed by atoms with E-state index in [0.29, 0.717) is 32.1 Å². The van der Waals surface area contributed by atoms with Gasteiger partial charge in [-0.2, -0.15) is 0 Å². The second-order valence-corrected chi connectivity index (χ2v) is 8.85. The molecule has 1 saturated heterocycles. The van der Waals surface area contributed by atoms with Crippen molar-refractivity contribution in [3.8, 4) is 0 Å². The van der Waals surface area contributed by atoms with Crippen LogP contribution in [-0.2, 0) is 30.8 Å². The summed E-state index contributed by atoms with van der Waals surface area (Å²) in [6.45, 7) is 6.76. The van der Waals surface area contributed by atoms with Crippen molar-refractivity contribution in [1.29, 1.82) is 0 Å². The predicted molar refractivity (Wildman–Crippen MR) is 126 cm³/mol. The molecule has 2 aliphatic rings. The lowest BCUT2D eigenvalue weighted by molar-refractivity contribution is -0.128. The minimum absolute atomic E-state index is 0.138. The first-order chi connectivity index (χ1) is 15.6. The highest BCUT2D eigenvalue weighted by atomic mass is 16.2. The standard InChI is InChI=1S/C26H34N4O2/c1-2-24(29-14-12-22-9-3-4-10-23(22)19-29)17-28-26(32)27-16-20-7-5-8-21(15-20)18-30-13-6-11-25(30)31/h3-5,7-10,15,24H,2,6,11-14,16-19H2,1H3,(H2,27,28,32). The molecule has 2 aromatic rings. The molecule has 1 unspecified atom stereocenters. The molecular weight excluding hydrogens is 400 g/mol. The van der Waals surface area contributed by atoms with Crippen LogP contribution in [0.5, 0.6) is 0 Å². The van der Waals surface area contributed by atoms with Gasteiger partial charge >= 0.3 is 6.03 Å². The van der Waals surface area contributed by atoms with E-state index in [2.05, 4.69) is 52.8 Å². The lowest BCUT2D eigenvalue weighted by Gasteiger charge is -2.35. The van der Waals surface area contributed by atoms with Gasteiger partial charge in [0, 0.05) is 51.7 Å². The highest BCUT2D eigenvalue weighted by molar-refractivity contribution is 5.78. The van der Waals surface area contributed by atoms with Gasteiger partial charge in [-0.3, -0.25) is 9.69 Å². The zero-order valence-electron chi connectivity index (χ0n) is 19.0. The van der Waals surface area contributed by atoms with Crippen molar-refractivity contribution in [2.24, 2.45) is 0 Å². The Bertz CT molecular complexity index is 945. The molecule has 6 nitrogen and oxygen atoms in total. The fraction of sp³-hybridized carbons (Fsp3) is 0.462. The third kappa shape index (κ3) is 5.68. The molecule has 0 saturated carbocycles. The van der Waals surface area contributed by atoms with E-state index in [1.807, 2.05) is 23.1 Å². The average molecular weight is 435 g/mol. The quantitative estimate of drug-likeness (QED) is 0.669. The van der Waals surface area contributed by atoms with Crippen LogP contribution in [-0.4, -0.2) is 47.4 Å². The van der Waals surface area contributed by atoms with E-state index < -0.39 is 0 Å². The third-order valence-electron chi connectivity index (χ3n) is 6.64. The first-order valence-electron chi connectivity index (χ1n) is 11.8. The van der Waals surface area contributed by atoms with Crippen LogP contribution < -0.4 is 10.6 Å². The van der Waals surface area contributed by atoms with Gasteiger partial charge in [-0.15, -0.1) is 0 Å². The maximum absolute atomic E-state index is 12.4. The molecule has 0 aliphatic carbocycles. The van der Waals surface area contributed by atoms with Gasteiger partial charge in [0.2, 0.25) is 5.91 Å². The predicted octanol–water partition coefficient (Wildman–Crippen LogP) is 3.45. The minimum Gasteiger partial charge on any atom is -0.338 e. The van der Waals surface area contributed by atoms with Crippen molar-refractivity contribution < 1.29 is 9.59 Å². The number of amides is 3. The summed E-state index contributed by atoms with van der Waals surface area (Å²) in [5.41, 5.74) is 5.00. The molecule has 2 aliphatic heterocycles. The van der Waals surface area contributed by atoms with E-state index in [9.17, 15) is 9.59 Å². The molecule has 0 radical (unpaired) electrons. The maximum atomic E-state index is 12.4. The molecule has 1 fully saturated rings. The normalized spacial score (nSPS) is 17.2. The van der Waals surface area contributed by atoms with E-state index in [-0.39, 0.29) is 11.9 Å². The Labute approximate surface area is 191 Å². The van der Waals surface area contributed by atoms with Crippen LogP contribution in [0.15, 0.2) is 48.5 Å². The number of carbonyl (C=O) groups is 2. The van der Waals surface area contributed by atoms with Crippen LogP contribution >= 0.6 is 0 Å². The van der Waals surface area contributed by atoms with Gasteiger partial charge in [0.15, 0.2) is 0 Å². The molecule has 32 heavy (non-hydrogen) atoms. The number of carbonyl (C=O) groups excluding carboxylic acids is 2. The number of nitrogens with zero attached hydrogens (tertiary/aromatic N) is 2. The highest BCUT2D eigenvalue weighted by Gasteiger charge is 2.23. The zero-order valence-corrected chi connectivity index (χ0v) is 19.0. The lowest BCUT2D eigenvalue weighted by atomic mass is 9.98. The summed E-state index contributed by atoms with van der Waals surface area (Å²) >= 11 is 0.